The number of ether oxygens (including phenoxy) is 3. The monoisotopic (exact) mass is 618 g/mol. The molecule has 45 heavy (non-hydrogen) atoms. The summed E-state index contributed by atoms with van der Waals surface area (Å²) in [6.07, 6.45) is 20.0. The maximum atomic E-state index is 12.2. The molecule has 0 spiro atoms. The molecule has 8 heterocycles. The summed E-state index contributed by atoms with van der Waals surface area (Å²) < 4.78 is 17.3. The van der Waals surface area contributed by atoms with E-state index in [9.17, 15) is 4.79 Å². The molecule has 6 aliphatic rings. The van der Waals surface area contributed by atoms with E-state index in [1.165, 1.54) is 69.2 Å². The largest absolute Gasteiger partial charge is 0.490 e. The second-order valence-electron chi connectivity index (χ2n) is 14.7. The zero-order valence-corrected chi connectivity index (χ0v) is 27.2. The highest BCUT2D eigenvalue weighted by Crippen LogP contribution is 2.42. The number of carbonyl (C=O) groups excluding carboxylic acids is 1. The molecule has 0 saturated carbocycles. The summed E-state index contributed by atoms with van der Waals surface area (Å²) in [5.74, 6) is 1.70. The van der Waals surface area contributed by atoms with Crippen LogP contribution in [0.5, 0.6) is 11.5 Å². The van der Waals surface area contributed by atoms with Crippen molar-refractivity contribution in [3.05, 3.63) is 36.9 Å². The summed E-state index contributed by atoms with van der Waals surface area (Å²) >= 11 is 0. The first-order valence-corrected chi connectivity index (χ1v) is 17.3. The van der Waals surface area contributed by atoms with E-state index >= 15 is 0 Å². The summed E-state index contributed by atoms with van der Waals surface area (Å²) in [7, 11) is 0. The van der Waals surface area contributed by atoms with Gasteiger partial charge in [-0.2, -0.15) is 0 Å². The van der Waals surface area contributed by atoms with E-state index in [4.69, 9.17) is 14.2 Å². The molecular formula is C35H50N6O4. The summed E-state index contributed by atoms with van der Waals surface area (Å²) in [6.45, 7) is 8.77. The molecule has 244 valence electrons. The number of hydrogen-bond donors (Lipinski definition) is 1. The molecule has 8 rings (SSSR count). The molecule has 6 saturated heterocycles. The number of amides is 1. The second-order valence-corrected chi connectivity index (χ2v) is 14.7. The minimum absolute atomic E-state index is 0.0801. The molecule has 10 heteroatoms. The van der Waals surface area contributed by atoms with Crippen molar-refractivity contribution in [3.8, 4) is 11.5 Å². The first kappa shape index (κ1) is 30.4. The molecule has 2 aromatic rings. The van der Waals surface area contributed by atoms with Crippen LogP contribution in [0.15, 0.2) is 36.9 Å². The average molecular weight is 619 g/mol. The molecule has 4 bridgehead atoms. The number of likely N-dealkylation sites (tertiary alicyclic amines) is 1. The molecule has 0 radical (unpaired) electrons. The van der Waals surface area contributed by atoms with Gasteiger partial charge in [0, 0.05) is 48.9 Å². The van der Waals surface area contributed by atoms with Crippen LogP contribution < -0.4 is 24.6 Å². The molecule has 0 unspecified atom stereocenters. The Labute approximate surface area is 267 Å². The van der Waals surface area contributed by atoms with Crippen LogP contribution in [0.3, 0.4) is 0 Å². The number of carbonyl (C=O) groups is 1. The molecule has 0 aromatic carbocycles. The van der Waals surface area contributed by atoms with Gasteiger partial charge >= 0.3 is 6.09 Å². The maximum absolute atomic E-state index is 12.2. The number of rotatable bonds is 8. The number of anilines is 2. The van der Waals surface area contributed by atoms with Gasteiger partial charge in [-0.1, -0.05) is 0 Å². The van der Waals surface area contributed by atoms with Crippen molar-refractivity contribution in [1.82, 2.24) is 20.2 Å². The van der Waals surface area contributed by atoms with Gasteiger partial charge in [0.2, 0.25) is 0 Å². The van der Waals surface area contributed by atoms with Gasteiger partial charge in [0.05, 0.1) is 42.2 Å². The maximum Gasteiger partial charge on any atom is 0.410 e. The lowest BCUT2D eigenvalue weighted by molar-refractivity contribution is -0.0141. The van der Waals surface area contributed by atoms with Crippen molar-refractivity contribution in [1.29, 1.82) is 0 Å². The Morgan fingerprint density at radius 2 is 1.24 bits per heavy atom. The lowest BCUT2D eigenvalue weighted by Crippen LogP contribution is -2.55. The Balaban J connectivity index is 0.000000151. The zero-order chi connectivity index (χ0) is 31.0. The van der Waals surface area contributed by atoms with Crippen molar-refractivity contribution in [3.63, 3.8) is 0 Å². The van der Waals surface area contributed by atoms with Crippen LogP contribution in [0.1, 0.15) is 85.0 Å². The van der Waals surface area contributed by atoms with Crippen molar-refractivity contribution in [2.45, 2.75) is 127 Å². The van der Waals surface area contributed by atoms with Crippen LogP contribution >= 0.6 is 0 Å². The van der Waals surface area contributed by atoms with E-state index in [0.717, 1.165) is 49.7 Å². The third kappa shape index (κ3) is 6.81. The molecule has 6 aliphatic heterocycles. The fourth-order valence-corrected chi connectivity index (χ4v) is 7.98. The molecule has 1 amide bonds. The van der Waals surface area contributed by atoms with Crippen LogP contribution in [-0.4, -0.2) is 89.1 Å². The van der Waals surface area contributed by atoms with Crippen LogP contribution in [0.25, 0.3) is 0 Å². The summed E-state index contributed by atoms with van der Waals surface area (Å²) in [6, 6.07) is 7.72. The molecular weight excluding hydrogens is 568 g/mol. The summed E-state index contributed by atoms with van der Waals surface area (Å²) in [5, 5.41) is 3.35. The van der Waals surface area contributed by atoms with Gasteiger partial charge in [0.1, 0.15) is 30.3 Å². The quantitative estimate of drug-likeness (QED) is 0.409. The van der Waals surface area contributed by atoms with E-state index in [1.54, 1.807) is 11.1 Å². The lowest BCUT2D eigenvalue weighted by Gasteiger charge is -2.41. The Hall–Kier alpha value is -3.27. The minimum Gasteiger partial charge on any atom is -0.490 e. The highest BCUT2D eigenvalue weighted by atomic mass is 16.6. The van der Waals surface area contributed by atoms with E-state index in [1.807, 2.05) is 39.4 Å². The smallest absolute Gasteiger partial charge is 0.410 e. The van der Waals surface area contributed by atoms with E-state index in [-0.39, 0.29) is 12.1 Å². The third-order valence-corrected chi connectivity index (χ3v) is 10.5. The molecule has 6 fully saturated rings. The van der Waals surface area contributed by atoms with Crippen LogP contribution in [0.2, 0.25) is 0 Å². The molecule has 10 nitrogen and oxygen atoms in total. The molecule has 0 aliphatic carbocycles. The summed E-state index contributed by atoms with van der Waals surface area (Å²) in [5.41, 5.74) is 1.96. The van der Waals surface area contributed by atoms with Gasteiger partial charge in [-0.15, -0.1) is 0 Å². The van der Waals surface area contributed by atoms with E-state index in [2.05, 4.69) is 37.2 Å². The van der Waals surface area contributed by atoms with Crippen molar-refractivity contribution in [2.75, 3.05) is 36.1 Å². The lowest BCUT2D eigenvalue weighted by atomic mass is 10.0. The molecule has 2 atom stereocenters. The number of fused-ring (bicyclic) bond motifs is 4. The normalized spacial score (nSPS) is 29.5. The topological polar surface area (TPSA) is 92.3 Å². The van der Waals surface area contributed by atoms with Crippen molar-refractivity contribution < 1.29 is 19.0 Å². The number of aromatic nitrogens is 2. The highest BCUT2D eigenvalue weighted by Gasteiger charge is 2.41. The van der Waals surface area contributed by atoms with Gasteiger partial charge in [0.25, 0.3) is 0 Å². The first-order valence-electron chi connectivity index (χ1n) is 17.3. The van der Waals surface area contributed by atoms with Gasteiger partial charge in [-0.05, 0) is 91.5 Å². The number of pyridine rings is 2. The Bertz CT molecular complexity index is 1290. The number of nitrogens with zero attached hydrogens (tertiary/aromatic N) is 5. The predicted octanol–water partition coefficient (Wildman–Crippen LogP) is 5.55. The second kappa shape index (κ2) is 12.9. The fraction of sp³-hybridized carbons (Fsp3) is 0.686. The Kier molecular flexibility index (Phi) is 8.68. The van der Waals surface area contributed by atoms with Gasteiger partial charge in [-0.25, -0.2) is 4.79 Å². The standard InChI is InChI=1S/C20H29N3O3.C15H21N3O/c1-20(2,3)26-19(24)22-9-8-16(22)13-25-18-10-17(11-21-12-18)23-14-4-5-15(23)7-6-14;1-2-13-4-3-12(1)18(13)14-7-15(9-16-8-14)19-10-11-5-6-17-11/h10-12,14-16H,4-9,13H2,1-3H3;7-9,11-13,17H,1-6,10H2/t14?,15?,16-;11-,12?,13?/m00/s1. The van der Waals surface area contributed by atoms with Gasteiger partial charge in [0.15, 0.2) is 0 Å². The summed E-state index contributed by atoms with van der Waals surface area (Å²) in [4.78, 5) is 27.8. The van der Waals surface area contributed by atoms with Crippen LogP contribution in [0, 0.1) is 0 Å². The zero-order valence-electron chi connectivity index (χ0n) is 27.2. The van der Waals surface area contributed by atoms with E-state index in [0.29, 0.717) is 24.7 Å². The van der Waals surface area contributed by atoms with Crippen molar-refractivity contribution >= 4 is 17.5 Å². The Morgan fingerprint density at radius 3 is 1.64 bits per heavy atom. The van der Waals surface area contributed by atoms with Gasteiger partial charge < -0.3 is 34.2 Å². The fourth-order valence-electron chi connectivity index (χ4n) is 7.98. The van der Waals surface area contributed by atoms with Gasteiger partial charge in [-0.3, -0.25) is 9.97 Å². The van der Waals surface area contributed by atoms with Crippen molar-refractivity contribution in [2.24, 2.45) is 0 Å². The van der Waals surface area contributed by atoms with E-state index < -0.39 is 5.60 Å². The highest BCUT2D eigenvalue weighted by molar-refractivity contribution is 5.69. The third-order valence-electron chi connectivity index (χ3n) is 10.5. The van der Waals surface area contributed by atoms with Crippen LogP contribution in [0.4, 0.5) is 16.2 Å². The Morgan fingerprint density at radius 1 is 0.756 bits per heavy atom. The minimum atomic E-state index is -0.467. The van der Waals surface area contributed by atoms with Crippen LogP contribution in [-0.2, 0) is 4.74 Å². The first-order chi connectivity index (χ1) is 21.8. The SMILES string of the molecule is CC(C)(C)OC(=O)N1CC[C@H]1COc1cncc(N2C3CCC2CC3)c1.c1ncc(N2C3CCC2CC3)cc1OC[C@@H]1CCN1. The predicted molar refractivity (Wildman–Crippen MR) is 174 cm³/mol. The molecule has 1 N–H and O–H groups in total. The average Bonchev–Trinajstić information content (AvgIpc) is 3.77. The number of hydrogen-bond acceptors (Lipinski definition) is 9. The number of nitrogens with one attached hydrogen (secondary N) is 1. The molecule has 2 aromatic heterocycles.